The molecule has 0 radical (unpaired) electrons. The zero-order valence-electron chi connectivity index (χ0n) is 13.6. The number of thiophene rings is 1. The molecule has 1 aliphatic heterocycles. The van der Waals surface area contributed by atoms with E-state index in [1.165, 1.54) is 6.08 Å². The first-order chi connectivity index (χ1) is 12.7. The maximum absolute atomic E-state index is 10.7. The second kappa shape index (κ2) is 6.97. The van der Waals surface area contributed by atoms with Crippen molar-refractivity contribution in [3.05, 3.63) is 53.7 Å². The van der Waals surface area contributed by atoms with Crippen LogP contribution in [0.5, 0.6) is 11.5 Å². The lowest BCUT2D eigenvalue weighted by Crippen LogP contribution is -2.14. The molecule has 0 aromatic carbocycles. The van der Waals surface area contributed by atoms with Crippen molar-refractivity contribution in [2.24, 2.45) is 0 Å². The van der Waals surface area contributed by atoms with Crippen LogP contribution in [0.4, 0.5) is 0 Å². The summed E-state index contributed by atoms with van der Waals surface area (Å²) in [4.78, 5) is 20.4. The second-order valence-electron chi connectivity index (χ2n) is 5.53. The summed E-state index contributed by atoms with van der Waals surface area (Å²) in [6.07, 6.45) is 5.98. The molecule has 0 unspecified atom stereocenters. The molecule has 0 saturated carbocycles. The number of aliphatic carboxylic acids is 1. The van der Waals surface area contributed by atoms with Crippen LogP contribution in [0, 0.1) is 0 Å². The first-order valence-electron chi connectivity index (χ1n) is 7.91. The largest absolute Gasteiger partial charge is 0.485 e. The standard InChI is InChI=1S/C19H14N2O4S/c22-17(23)2-1-12-3-5-20-14(9-12)15-10-13(4-6-21-15)19-18-16(11-26-19)24-7-8-25-18/h1-6,9-11H,7-8H2,(H,22,23)/b2-1+. The Balaban J connectivity index is 1.69. The van der Waals surface area contributed by atoms with E-state index in [2.05, 4.69) is 9.97 Å². The van der Waals surface area contributed by atoms with E-state index in [0.717, 1.165) is 33.6 Å². The zero-order valence-corrected chi connectivity index (χ0v) is 14.4. The van der Waals surface area contributed by atoms with Gasteiger partial charge in [0.25, 0.3) is 0 Å². The Labute approximate surface area is 153 Å². The molecule has 26 heavy (non-hydrogen) atoms. The predicted molar refractivity (Wildman–Crippen MR) is 98.4 cm³/mol. The molecule has 4 rings (SSSR count). The molecule has 0 spiro atoms. The first-order valence-corrected chi connectivity index (χ1v) is 8.79. The van der Waals surface area contributed by atoms with Crippen molar-refractivity contribution in [1.29, 1.82) is 0 Å². The van der Waals surface area contributed by atoms with E-state index in [1.807, 2.05) is 17.5 Å². The topological polar surface area (TPSA) is 81.5 Å². The lowest BCUT2D eigenvalue weighted by Gasteiger charge is -2.16. The normalized spacial score (nSPS) is 13.1. The van der Waals surface area contributed by atoms with Crippen LogP contribution < -0.4 is 9.47 Å². The lowest BCUT2D eigenvalue weighted by molar-refractivity contribution is -0.131. The monoisotopic (exact) mass is 366 g/mol. The molecular formula is C19H14N2O4S. The van der Waals surface area contributed by atoms with Gasteiger partial charge in [0, 0.05) is 23.8 Å². The van der Waals surface area contributed by atoms with E-state index < -0.39 is 5.97 Å². The van der Waals surface area contributed by atoms with Crippen molar-refractivity contribution >= 4 is 23.4 Å². The Morgan fingerprint density at radius 2 is 1.88 bits per heavy atom. The van der Waals surface area contributed by atoms with E-state index in [-0.39, 0.29) is 0 Å². The van der Waals surface area contributed by atoms with Gasteiger partial charge in [-0.1, -0.05) is 0 Å². The molecular weight excluding hydrogens is 352 g/mol. The number of hydrogen-bond acceptors (Lipinski definition) is 6. The summed E-state index contributed by atoms with van der Waals surface area (Å²) in [6.45, 7) is 1.10. The van der Waals surface area contributed by atoms with Crippen LogP contribution in [0.2, 0.25) is 0 Å². The Hall–Kier alpha value is -3.19. The highest BCUT2D eigenvalue weighted by atomic mass is 32.1. The first kappa shape index (κ1) is 16.3. The van der Waals surface area contributed by atoms with E-state index >= 15 is 0 Å². The molecule has 0 aliphatic carbocycles. The average Bonchev–Trinajstić information content (AvgIpc) is 3.11. The van der Waals surface area contributed by atoms with Crippen LogP contribution in [-0.2, 0) is 4.79 Å². The highest BCUT2D eigenvalue weighted by Crippen LogP contribution is 2.45. The number of fused-ring (bicyclic) bond motifs is 1. The van der Waals surface area contributed by atoms with E-state index in [9.17, 15) is 4.79 Å². The number of hydrogen-bond donors (Lipinski definition) is 1. The van der Waals surface area contributed by atoms with Crippen LogP contribution in [0.25, 0.3) is 27.9 Å². The Morgan fingerprint density at radius 3 is 2.73 bits per heavy atom. The number of carboxylic acids is 1. The lowest BCUT2D eigenvalue weighted by atomic mass is 10.1. The van der Waals surface area contributed by atoms with Crippen molar-refractivity contribution in [1.82, 2.24) is 9.97 Å². The average molecular weight is 366 g/mol. The van der Waals surface area contributed by atoms with Gasteiger partial charge in [0.2, 0.25) is 0 Å². The van der Waals surface area contributed by atoms with Crippen molar-refractivity contribution in [3.8, 4) is 33.3 Å². The highest BCUT2D eigenvalue weighted by Gasteiger charge is 2.20. The summed E-state index contributed by atoms with van der Waals surface area (Å²) in [6, 6.07) is 7.40. The Bertz CT molecular complexity index is 997. The number of nitrogens with zero attached hydrogens (tertiary/aromatic N) is 2. The van der Waals surface area contributed by atoms with Gasteiger partial charge in [-0.15, -0.1) is 11.3 Å². The summed E-state index contributed by atoms with van der Waals surface area (Å²) in [5.74, 6) is 0.547. The number of pyridine rings is 2. The molecule has 3 aromatic rings. The number of rotatable bonds is 4. The molecule has 0 saturated heterocycles. The Kier molecular flexibility index (Phi) is 4.37. The van der Waals surface area contributed by atoms with Crippen LogP contribution in [0.15, 0.2) is 48.1 Å². The van der Waals surface area contributed by atoms with Gasteiger partial charge < -0.3 is 14.6 Å². The quantitative estimate of drug-likeness (QED) is 0.709. The van der Waals surface area contributed by atoms with Gasteiger partial charge in [0.1, 0.15) is 13.2 Å². The van der Waals surface area contributed by atoms with Crippen molar-refractivity contribution < 1.29 is 19.4 Å². The molecule has 4 heterocycles. The van der Waals surface area contributed by atoms with Gasteiger partial charge in [0.15, 0.2) is 11.5 Å². The fraction of sp³-hybridized carbons (Fsp3) is 0.105. The molecule has 0 amide bonds. The molecule has 7 heteroatoms. The summed E-state index contributed by atoms with van der Waals surface area (Å²) in [5, 5.41) is 10.7. The van der Waals surface area contributed by atoms with Crippen LogP contribution in [-0.4, -0.2) is 34.3 Å². The minimum atomic E-state index is -0.992. The van der Waals surface area contributed by atoms with Gasteiger partial charge in [0.05, 0.1) is 16.3 Å². The highest BCUT2D eigenvalue weighted by molar-refractivity contribution is 7.14. The molecule has 0 fully saturated rings. The minimum absolute atomic E-state index is 0.536. The van der Waals surface area contributed by atoms with E-state index in [4.69, 9.17) is 14.6 Å². The van der Waals surface area contributed by atoms with Gasteiger partial charge in [-0.25, -0.2) is 4.79 Å². The maximum Gasteiger partial charge on any atom is 0.328 e. The summed E-state index contributed by atoms with van der Waals surface area (Å²) in [5.41, 5.74) is 3.09. The Morgan fingerprint density at radius 1 is 1.12 bits per heavy atom. The molecule has 0 bridgehead atoms. The minimum Gasteiger partial charge on any atom is -0.485 e. The fourth-order valence-electron chi connectivity index (χ4n) is 2.63. The second-order valence-corrected chi connectivity index (χ2v) is 6.41. The molecule has 0 atom stereocenters. The van der Waals surface area contributed by atoms with Gasteiger partial charge in [-0.3, -0.25) is 9.97 Å². The third-order valence-corrected chi connectivity index (χ3v) is 4.78. The molecule has 1 N–H and O–H groups in total. The third kappa shape index (κ3) is 3.29. The van der Waals surface area contributed by atoms with E-state index in [0.29, 0.717) is 24.6 Å². The third-order valence-electron chi connectivity index (χ3n) is 3.79. The fourth-order valence-corrected chi connectivity index (χ4v) is 3.56. The smallest absolute Gasteiger partial charge is 0.328 e. The van der Waals surface area contributed by atoms with Crippen LogP contribution >= 0.6 is 11.3 Å². The van der Waals surface area contributed by atoms with Crippen LogP contribution in [0.3, 0.4) is 0 Å². The van der Waals surface area contributed by atoms with Gasteiger partial charge in [-0.2, -0.15) is 0 Å². The molecule has 130 valence electrons. The maximum atomic E-state index is 10.7. The summed E-state index contributed by atoms with van der Waals surface area (Å²) >= 11 is 1.56. The van der Waals surface area contributed by atoms with Crippen molar-refractivity contribution in [2.75, 3.05) is 13.2 Å². The summed E-state index contributed by atoms with van der Waals surface area (Å²) in [7, 11) is 0. The van der Waals surface area contributed by atoms with Gasteiger partial charge >= 0.3 is 5.97 Å². The van der Waals surface area contributed by atoms with Crippen LogP contribution in [0.1, 0.15) is 5.56 Å². The molecule has 6 nitrogen and oxygen atoms in total. The number of carbonyl (C=O) groups is 1. The van der Waals surface area contributed by atoms with Crippen molar-refractivity contribution in [3.63, 3.8) is 0 Å². The predicted octanol–water partition coefficient (Wildman–Crippen LogP) is 3.74. The molecule has 3 aromatic heterocycles. The number of carboxylic acid groups (broad SMARTS) is 1. The molecule has 1 aliphatic rings. The SMILES string of the molecule is O=C(O)/C=C/c1ccnc(-c2cc(-c3scc4c3OCCO4)ccn2)c1. The number of ether oxygens (including phenoxy) is 2. The van der Waals surface area contributed by atoms with Gasteiger partial charge in [-0.05, 0) is 41.5 Å². The summed E-state index contributed by atoms with van der Waals surface area (Å²) < 4.78 is 11.4. The number of aromatic nitrogens is 2. The van der Waals surface area contributed by atoms with Crippen molar-refractivity contribution in [2.45, 2.75) is 0 Å². The van der Waals surface area contributed by atoms with E-state index in [1.54, 1.807) is 35.9 Å². The zero-order chi connectivity index (χ0) is 17.9.